The molecule has 26 heavy (non-hydrogen) atoms. The molecule has 2 aromatic carbocycles. The van der Waals surface area contributed by atoms with Crippen LogP contribution in [0.1, 0.15) is 10.4 Å². The van der Waals surface area contributed by atoms with Gasteiger partial charge in [0.15, 0.2) is 5.13 Å². The molecule has 0 spiro atoms. The number of methoxy groups -OCH3 is 2. The Bertz CT molecular complexity index is 959. The Morgan fingerprint density at radius 2 is 1.92 bits per heavy atom. The van der Waals surface area contributed by atoms with Crippen molar-refractivity contribution in [3.8, 4) is 22.8 Å². The van der Waals surface area contributed by atoms with E-state index in [-0.39, 0.29) is 10.7 Å². The second kappa shape index (κ2) is 7.49. The van der Waals surface area contributed by atoms with Gasteiger partial charge in [-0.05, 0) is 24.3 Å². The van der Waals surface area contributed by atoms with Gasteiger partial charge in [0, 0.05) is 23.1 Å². The molecule has 0 fully saturated rings. The Balaban J connectivity index is 1.82. The summed E-state index contributed by atoms with van der Waals surface area (Å²) < 4.78 is 37.2. The van der Waals surface area contributed by atoms with Crippen LogP contribution in [0.3, 0.4) is 0 Å². The molecule has 0 aliphatic carbocycles. The summed E-state index contributed by atoms with van der Waals surface area (Å²) in [7, 11) is 2.96. The molecule has 134 valence electrons. The fourth-order valence-corrected chi connectivity index (χ4v) is 3.01. The number of nitrogens with one attached hydrogen (secondary N) is 1. The zero-order chi connectivity index (χ0) is 18.7. The van der Waals surface area contributed by atoms with Crippen LogP contribution < -0.4 is 14.8 Å². The van der Waals surface area contributed by atoms with Gasteiger partial charge in [0.1, 0.15) is 23.1 Å². The molecular formula is C18H14F2N2O3S. The molecule has 0 bridgehead atoms. The van der Waals surface area contributed by atoms with E-state index in [1.807, 2.05) is 0 Å². The molecule has 0 aliphatic heterocycles. The van der Waals surface area contributed by atoms with Crippen LogP contribution in [0.25, 0.3) is 11.3 Å². The average molecular weight is 376 g/mol. The third-order valence-electron chi connectivity index (χ3n) is 3.59. The van der Waals surface area contributed by atoms with Crippen LogP contribution in [0, 0.1) is 11.6 Å². The van der Waals surface area contributed by atoms with Gasteiger partial charge in [0.2, 0.25) is 0 Å². The molecule has 0 saturated heterocycles. The van der Waals surface area contributed by atoms with Crippen molar-refractivity contribution in [1.82, 2.24) is 4.98 Å². The minimum Gasteiger partial charge on any atom is -0.497 e. The van der Waals surface area contributed by atoms with E-state index in [0.29, 0.717) is 22.8 Å². The zero-order valence-electron chi connectivity index (χ0n) is 13.9. The molecule has 0 unspecified atom stereocenters. The molecule has 3 aromatic rings. The van der Waals surface area contributed by atoms with Crippen molar-refractivity contribution in [2.75, 3.05) is 19.5 Å². The summed E-state index contributed by atoms with van der Waals surface area (Å²) in [6, 6.07) is 8.04. The predicted molar refractivity (Wildman–Crippen MR) is 95.0 cm³/mol. The van der Waals surface area contributed by atoms with Crippen molar-refractivity contribution < 1.29 is 23.0 Å². The van der Waals surface area contributed by atoms with Crippen molar-refractivity contribution in [1.29, 1.82) is 0 Å². The van der Waals surface area contributed by atoms with Crippen LogP contribution in [0.2, 0.25) is 0 Å². The number of aromatic nitrogens is 1. The molecule has 0 aliphatic rings. The largest absolute Gasteiger partial charge is 0.497 e. The van der Waals surface area contributed by atoms with Crippen molar-refractivity contribution in [3.05, 3.63) is 59.0 Å². The fourth-order valence-electron chi connectivity index (χ4n) is 2.30. The van der Waals surface area contributed by atoms with Crippen LogP contribution in [-0.2, 0) is 0 Å². The van der Waals surface area contributed by atoms with E-state index in [1.54, 1.807) is 23.6 Å². The summed E-state index contributed by atoms with van der Waals surface area (Å²) in [6.07, 6.45) is 0. The molecule has 1 heterocycles. The van der Waals surface area contributed by atoms with Crippen molar-refractivity contribution in [3.63, 3.8) is 0 Å². The molecule has 1 N–H and O–H groups in total. The van der Waals surface area contributed by atoms with Gasteiger partial charge in [-0.1, -0.05) is 0 Å². The summed E-state index contributed by atoms with van der Waals surface area (Å²) in [5, 5.41) is 4.51. The Hall–Kier alpha value is -3.00. The molecule has 5 nitrogen and oxygen atoms in total. The standard InChI is InChI=1S/C18H14F2N2O3S/c1-24-11-4-6-13(16(8-11)25-2)17(23)22-18-21-15(9-26-18)12-5-3-10(19)7-14(12)20/h3-9H,1-2H3,(H,21,22,23). The van der Waals surface area contributed by atoms with Gasteiger partial charge in [0.05, 0.1) is 25.5 Å². The first-order valence-corrected chi connectivity index (χ1v) is 8.34. The first-order valence-electron chi connectivity index (χ1n) is 7.46. The Labute approximate surface area is 152 Å². The van der Waals surface area contributed by atoms with E-state index in [1.165, 1.54) is 20.3 Å². The Kier molecular flexibility index (Phi) is 5.13. The smallest absolute Gasteiger partial charge is 0.261 e. The van der Waals surface area contributed by atoms with E-state index >= 15 is 0 Å². The van der Waals surface area contributed by atoms with Gasteiger partial charge in [-0.25, -0.2) is 13.8 Å². The highest BCUT2D eigenvalue weighted by Gasteiger charge is 2.16. The first kappa shape index (κ1) is 17.8. The maximum Gasteiger partial charge on any atom is 0.261 e. The van der Waals surface area contributed by atoms with Gasteiger partial charge in [0.25, 0.3) is 5.91 Å². The van der Waals surface area contributed by atoms with Crippen LogP contribution in [0.4, 0.5) is 13.9 Å². The third-order valence-corrected chi connectivity index (χ3v) is 4.34. The van der Waals surface area contributed by atoms with Crippen LogP contribution in [-0.4, -0.2) is 25.1 Å². The number of halogens is 2. The SMILES string of the molecule is COc1ccc(C(=O)Nc2nc(-c3ccc(F)cc3F)cs2)c(OC)c1. The minimum absolute atomic E-state index is 0.158. The molecule has 8 heteroatoms. The number of carbonyl (C=O) groups is 1. The Morgan fingerprint density at radius 1 is 1.12 bits per heavy atom. The van der Waals surface area contributed by atoms with Gasteiger partial charge in [-0.2, -0.15) is 0 Å². The number of rotatable bonds is 5. The highest BCUT2D eigenvalue weighted by Crippen LogP contribution is 2.29. The lowest BCUT2D eigenvalue weighted by atomic mass is 10.1. The monoisotopic (exact) mass is 376 g/mol. The predicted octanol–water partition coefficient (Wildman–Crippen LogP) is 4.36. The van der Waals surface area contributed by atoms with Gasteiger partial charge in [-0.15, -0.1) is 11.3 Å². The number of amides is 1. The summed E-state index contributed by atoms with van der Waals surface area (Å²) >= 11 is 1.13. The topological polar surface area (TPSA) is 60.5 Å². The van der Waals surface area contributed by atoms with Crippen molar-refractivity contribution in [2.24, 2.45) is 0 Å². The van der Waals surface area contributed by atoms with Gasteiger partial charge in [-0.3, -0.25) is 10.1 Å². The number of hydrogen-bond donors (Lipinski definition) is 1. The zero-order valence-corrected chi connectivity index (χ0v) is 14.7. The average Bonchev–Trinajstić information content (AvgIpc) is 3.09. The van der Waals surface area contributed by atoms with Crippen molar-refractivity contribution in [2.45, 2.75) is 0 Å². The van der Waals surface area contributed by atoms with Crippen LogP contribution >= 0.6 is 11.3 Å². The number of benzene rings is 2. The number of nitrogens with zero attached hydrogens (tertiary/aromatic N) is 1. The second-order valence-corrected chi connectivity index (χ2v) is 6.04. The quantitative estimate of drug-likeness (QED) is 0.719. The fraction of sp³-hybridized carbons (Fsp3) is 0.111. The lowest BCUT2D eigenvalue weighted by Crippen LogP contribution is -2.13. The van der Waals surface area contributed by atoms with E-state index in [2.05, 4.69) is 10.3 Å². The molecule has 0 saturated carbocycles. The van der Waals surface area contributed by atoms with Gasteiger partial charge < -0.3 is 9.47 Å². The molecule has 0 radical (unpaired) electrons. The van der Waals surface area contributed by atoms with Gasteiger partial charge >= 0.3 is 0 Å². The number of carbonyl (C=O) groups excluding carboxylic acids is 1. The minimum atomic E-state index is -0.718. The number of thiazole rings is 1. The first-order chi connectivity index (χ1) is 12.5. The number of anilines is 1. The second-order valence-electron chi connectivity index (χ2n) is 5.18. The lowest BCUT2D eigenvalue weighted by molar-refractivity contribution is 0.102. The molecule has 3 rings (SSSR count). The maximum absolute atomic E-state index is 13.9. The molecule has 1 amide bonds. The molecular weight excluding hydrogens is 362 g/mol. The molecule has 1 aromatic heterocycles. The van der Waals surface area contributed by atoms with E-state index in [9.17, 15) is 13.6 Å². The van der Waals surface area contributed by atoms with Crippen LogP contribution in [0.5, 0.6) is 11.5 Å². The van der Waals surface area contributed by atoms with Crippen LogP contribution in [0.15, 0.2) is 41.8 Å². The summed E-state index contributed by atoms with van der Waals surface area (Å²) in [6.45, 7) is 0. The lowest BCUT2D eigenvalue weighted by Gasteiger charge is -2.09. The highest BCUT2D eigenvalue weighted by molar-refractivity contribution is 7.14. The summed E-state index contributed by atoms with van der Waals surface area (Å²) in [5.41, 5.74) is 0.771. The van der Waals surface area contributed by atoms with E-state index < -0.39 is 17.5 Å². The summed E-state index contributed by atoms with van der Waals surface area (Å²) in [5.74, 6) is -0.901. The van der Waals surface area contributed by atoms with Crippen molar-refractivity contribution >= 4 is 22.4 Å². The number of hydrogen-bond acceptors (Lipinski definition) is 5. The highest BCUT2D eigenvalue weighted by atomic mass is 32.1. The number of ether oxygens (including phenoxy) is 2. The molecule has 0 atom stereocenters. The van der Waals surface area contributed by atoms with E-state index in [4.69, 9.17) is 9.47 Å². The third kappa shape index (κ3) is 3.65. The summed E-state index contributed by atoms with van der Waals surface area (Å²) in [4.78, 5) is 16.6. The van der Waals surface area contributed by atoms with E-state index in [0.717, 1.165) is 23.5 Å². The normalized spacial score (nSPS) is 10.5. The maximum atomic E-state index is 13.9. The Morgan fingerprint density at radius 3 is 2.62 bits per heavy atom.